The van der Waals surface area contributed by atoms with Crippen LogP contribution in [0.3, 0.4) is 0 Å². The van der Waals surface area contributed by atoms with Crippen LogP contribution in [0, 0.1) is 0 Å². The Morgan fingerprint density at radius 2 is 1.73 bits per heavy atom. The van der Waals surface area contributed by atoms with E-state index in [1.165, 1.54) is 33.5 Å². The van der Waals surface area contributed by atoms with Gasteiger partial charge in [-0.25, -0.2) is 8.42 Å². The zero-order chi connectivity index (χ0) is 26.8. The van der Waals surface area contributed by atoms with Crippen LogP contribution >= 0.6 is 0 Å². The van der Waals surface area contributed by atoms with Crippen molar-refractivity contribution in [1.29, 1.82) is 0 Å². The number of hydrogen-bond acceptors (Lipinski definition) is 7. The van der Waals surface area contributed by atoms with E-state index in [-0.39, 0.29) is 30.5 Å². The first-order valence-corrected chi connectivity index (χ1v) is 13.3. The lowest BCUT2D eigenvalue weighted by atomic mass is 10.1. The Morgan fingerprint density at radius 3 is 2.32 bits per heavy atom. The second-order valence-corrected chi connectivity index (χ2v) is 10.3. The van der Waals surface area contributed by atoms with Crippen molar-refractivity contribution in [2.75, 3.05) is 46.6 Å². The molecule has 0 radical (unpaired) electrons. The molecule has 200 valence electrons. The third-order valence-corrected chi connectivity index (χ3v) is 7.81. The summed E-state index contributed by atoms with van der Waals surface area (Å²) in [5.41, 5.74) is 0.815. The van der Waals surface area contributed by atoms with Gasteiger partial charge in [0.1, 0.15) is 17.5 Å². The first-order valence-electron chi connectivity index (χ1n) is 11.9. The molecule has 11 heteroatoms. The van der Waals surface area contributed by atoms with Crippen LogP contribution in [-0.4, -0.2) is 82.0 Å². The Kier molecular flexibility index (Phi) is 10.1. The van der Waals surface area contributed by atoms with Gasteiger partial charge in [0.25, 0.3) is 5.91 Å². The van der Waals surface area contributed by atoms with Crippen molar-refractivity contribution in [1.82, 2.24) is 14.5 Å². The highest BCUT2D eigenvalue weighted by Gasteiger charge is 2.28. The first-order chi connectivity index (χ1) is 17.8. The molecular formula is C26H33N3O7S. The summed E-state index contributed by atoms with van der Waals surface area (Å²) in [5.74, 6) is 0.296. The number of rotatable bonds is 12. The van der Waals surface area contributed by atoms with Crippen LogP contribution in [0.2, 0.25) is 0 Å². The van der Waals surface area contributed by atoms with Crippen LogP contribution < -0.4 is 14.8 Å². The minimum Gasteiger partial charge on any atom is -0.497 e. The molecule has 0 bridgehead atoms. The summed E-state index contributed by atoms with van der Waals surface area (Å²) in [7, 11) is -2.06. The molecule has 2 aromatic rings. The number of ether oxygens (including phenoxy) is 3. The lowest BCUT2D eigenvalue weighted by molar-refractivity contribution is -0.142. The highest BCUT2D eigenvalue weighted by molar-refractivity contribution is 7.89. The average Bonchev–Trinajstić information content (AvgIpc) is 2.94. The second kappa shape index (κ2) is 13.2. The number of methoxy groups -OCH3 is 1. The van der Waals surface area contributed by atoms with Crippen molar-refractivity contribution in [2.45, 2.75) is 24.4 Å². The predicted molar refractivity (Wildman–Crippen MR) is 138 cm³/mol. The van der Waals surface area contributed by atoms with Crippen molar-refractivity contribution in [2.24, 2.45) is 0 Å². The van der Waals surface area contributed by atoms with Crippen LogP contribution in [0.1, 0.15) is 12.5 Å². The summed E-state index contributed by atoms with van der Waals surface area (Å²) < 4.78 is 43.0. The molecular weight excluding hydrogens is 498 g/mol. The molecule has 1 unspecified atom stereocenters. The summed E-state index contributed by atoms with van der Waals surface area (Å²) >= 11 is 0. The SMILES string of the molecule is C=CCNC(=O)C(C)N(Cc1ccc(OC)cc1)C(=O)COc1ccc(S(=O)(=O)N2CCOCC2)cc1. The molecule has 0 saturated carbocycles. The summed E-state index contributed by atoms with van der Waals surface area (Å²) in [5, 5.41) is 2.71. The number of amides is 2. The standard InChI is InChI=1S/C26H33N3O7S/c1-4-13-27-26(31)20(2)29(18-21-5-7-22(34-3)8-6-21)25(30)19-36-23-9-11-24(12-10-23)37(32,33)28-14-16-35-17-15-28/h4-12,20H,1,13-19H2,2-3H3,(H,27,31). The van der Waals surface area contributed by atoms with E-state index in [4.69, 9.17) is 14.2 Å². The van der Waals surface area contributed by atoms with E-state index in [9.17, 15) is 18.0 Å². The van der Waals surface area contributed by atoms with Crippen molar-refractivity contribution < 1.29 is 32.2 Å². The van der Waals surface area contributed by atoms with Gasteiger partial charge in [-0.05, 0) is 48.9 Å². The van der Waals surface area contributed by atoms with Gasteiger partial charge in [-0.2, -0.15) is 4.31 Å². The molecule has 1 N–H and O–H groups in total. The maximum atomic E-state index is 13.2. The average molecular weight is 532 g/mol. The van der Waals surface area contributed by atoms with Gasteiger partial charge in [0, 0.05) is 26.2 Å². The molecule has 1 atom stereocenters. The van der Waals surface area contributed by atoms with E-state index in [2.05, 4.69) is 11.9 Å². The van der Waals surface area contributed by atoms with Gasteiger partial charge < -0.3 is 24.4 Å². The highest BCUT2D eigenvalue weighted by Crippen LogP contribution is 2.21. The fourth-order valence-corrected chi connectivity index (χ4v) is 5.11. The number of nitrogens with zero attached hydrogens (tertiary/aromatic N) is 2. The van der Waals surface area contributed by atoms with Crippen molar-refractivity contribution in [3.63, 3.8) is 0 Å². The second-order valence-electron chi connectivity index (χ2n) is 8.36. The number of nitrogens with one attached hydrogen (secondary N) is 1. The predicted octanol–water partition coefficient (Wildman–Crippen LogP) is 1.81. The molecule has 0 aliphatic carbocycles. The number of sulfonamides is 1. The van der Waals surface area contributed by atoms with E-state index in [1.54, 1.807) is 32.2 Å². The smallest absolute Gasteiger partial charge is 0.261 e. The Hall–Kier alpha value is -3.41. The molecule has 1 aliphatic heterocycles. The van der Waals surface area contributed by atoms with E-state index >= 15 is 0 Å². The normalized spacial score (nSPS) is 14.9. The number of hydrogen-bond donors (Lipinski definition) is 1. The van der Waals surface area contributed by atoms with Gasteiger partial charge in [-0.15, -0.1) is 6.58 Å². The minimum absolute atomic E-state index is 0.140. The molecule has 1 aliphatic rings. The number of morpholine rings is 1. The zero-order valence-electron chi connectivity index (χ0n) is 21.1. The number of benzene rings is 2. The van der Waals surface area contributed by atoms with Crippen molar-refractivity contribution in [3.8, 4) is 11.5 Å². The quantitative estimate of drug-likeness (QED) is 0.416. The van der Waals surface area contributed by atoms with Crippen LogP contribution in [0.4, 0.5) is 0 Å². The molecule has 10 nitrogen and oxygen atoms in total. The Labute approximate surface area is 217 Å². The summed E-state index contributed by atoms with van der Waals surface area (Å²) in [4.78, 5) is 27.3. The van der Waals surface area contributed by atoms with Gasteiger partial charge in [0.2, 0.25) is 15.9 Å². The molecule has 1 fully saturated rings. The zero-order valence-corrected chi connectivity index (χ0v) is 21.9. The maximum Gasteiger partial charge on any atom is 0.261 e. The minimum atomic E-state index is -3.63. The third kappa shape index (κ3) is 7.54. The van der Waals surface area contributed by atoms with Crippen LogP contribution in [0.25, 0.3) is 0 Å². The molecule has 3 rings (SSSR count). The molecule has 2 amide bonds. The summed E-state index contributed by atoms with van der Waals surface area (Å²) in [6.45, 7) is 6.70. The molecule has 1 heterocycles. The van der Waals surface area contributed by atoms with Gasteiger partial charge in [-0.1, -0.05) is 18.2 Å². The van der Waals surface area contributed by atoms with Gasteiger partial charge in [-0.3, -0.25) is 9.59 Å². The Balaban J connectivity index is 1.68. The van der Waals surface area contributed by atoms with Crippen LogP contribution in [0.5, 0.6) is 11.5 Å². The highest BCUT2D eigenvalue weighted by atomic mass is 32.2. The van der Waals surface area contributed by atoms with Gasteiger partial charge >= 0.3 is 0 Å². The van der Waals surface area contributed by atoms with Crippen LogP contribution in [-0.2, 0) is 30.9 Å². The lowest BCUT2D eigenvalue weighted by Gasteiger charge is -2.28. The van der Waals surface area contributed by atoms with Gasteiger partial charge in [0.05, 0.1) is 25.2 Å². The topological polar surface area (TPSA) is 114 Å². The third-order valence-electron chi connectivity index (χ3n) is 5.89. The van der Waals surface area contributed by atoms with E-state index in [1.807, 2.05) is 12.1 Å². The van der Waals surface area contributed by atoms with E-state index < -0.39 is 22.0 Å². The molecule has 0 spiro atoms. The van der Waals surface area contributed by atoms with E-state index in [0.29, 0.717) is 37.8 Å². The Bertz CT molecular complexity index is 1160. The van der Waals surface area contributed by atoms with Crippen LogP contribution in [0.15, 0.2) is 66.1 Å². The molecule has 37 heavy (non-hydrogen) atoms. The maximum absolute atomic E-state index is 13.2. The fourth-order valence-electron chi connectivity index (χ4n) is 3.70. The summed E-state index contributed by atoms with van der Waals surface area (Å²) in [6, 6.07) is 12.4. The Morgan fingerprint density at radius 1 is 1.11 bits per heavy atom. The number of carbonyl (C=O) groups excluding carboxylic acids is 2. The van der Waals surface area contributed by atoms with Gasteiger partial charge in [0.15, 0.2) is 6.61 Å². The first kappa shape index (κ1) is 28.2. The largest absolute Gasteiger partial charge is 0.497 e. The monoisotopic (exact) mass is 531 g/mol. The molecule has 0 aromatic heterocycles. The molecule has 1 saturated heterocycles. The molecule has 2 aromatic carbocycles. The fraction of sp³-hybridized carbons (Fsp3) is 0.385. The lowest BCUT2D eigenvalue weighted by Crippen LogP contribution is -2.49. The summed E-state index contributed by atoms with van der Waals surface area (Å²) in [6.07, 6.45) is 1.56. The van der Waals surface area contributed by atoms with E-state index in [0.717, 1.165) is 5.56 Å². The van der Waals surface area contributed by atoms with Crippen molar-refractivity contribution in [3.05, 3.63) is 66.7 Å². The van der Waals surface area contributed by atoms with Crippen molar-refractivity contribution >= 4 is 21.8 Å². The number of carbonyl (C=O) groups is 2.